The summed E-state index contributed by atoms with van der Waals surface area (Å²) in [6.07, 6.45) is 1.73. The highest BCUT2D eigenvalue weighted by atomic mass is 32.2. The van der Waals surface area contributed by atoms with Crippen molar-refractivity contribution >= 4 is 27.5 Å². The summed E-state index contributed by atoms with van der Waals surface area (Å²) in [4.78, 5) is 25.1. The predicted molar refractivity (Wildman–Crippen MR) is 131 cm³/mol. The predicted octanol–water partition coefficient (Wildman–Crippen LogP) is 3.29. The van der Waals surface area contributed by atoms with Gasteiger partial charge in [0, 0.05) is 24.3 Å². The van der Waals surface area contributed by atoms with Gasteiger partial charge in [-0.25, -0.2) is 8.42 Å². The quantitative estimate of drug-likeness (QED) is 0.595. The lowest BCUT2D eigenvalue weighted by Crippen LogP contribution is -2.42. The monoisotopic (exact) mass is 487 g/mol. The second-order valence-electron chi connectivity index (χ2n) is 8.88. The molecule has 1 saturated heterocycles. The third-order valence-corrected chi connectivity index (χ3v) is 7.81. The van der Waals surface area contributed by atoms with E-state index in [1.165, 1.54) is 29.6 Å². The van der Waals surface area contributed by atoms with E-state index in [0.717, 1.165) is 18.4 Å². The SMILES string of the molecule is CCc1ccccc1NC(=O)CNC(=O)c1ccc(OC)c(S(=O)(=O)N2C[C@@H](C)C[C@H](C)C2)c1. The summed E-state index contributed by atoms with van der Waals surface area (Å²) in [7, 11) is -2.46. The van der Waals surface area contributed by atoms with Crippen molar-refractivity contribution in [3.63, 3.8) is 0 Å². The average molecular weight is 488 g/mol. The molecule has 0 aliphatic carbocycles. The molecule has 0 bridgehead atoms. The zero-order valence-corrected chi connectivity index (χ0v) is 20.9. The fourth-order valence-corrected chi connectivity index (χ4v) is 6.23. The standard InChI is InChI=1S/C25H33N3O5S/c1-5-19-8-6-7-9-21(19)27-24(29)14-26-25(30)20-10-11-22(33-4)23(13-20)34(31,32)28-15-17(2)12-18(3)16-28/h6-11,13,17-18H,5,12,14-16H2,1-4H3,(H,26,30)(H,27,29)/t17-,18-/m0/s1. The Hall–Kier alpha value is -2.91. The molecule has 9 heteroatoms. The Labute approximate surface area is 201 Å². The van der Waals surface area contributed by atoms with Gasteiger partial charge in [0.2, 0.25) is 15.9 Å². The fraction of sp³-hybridized carbons (Fsp3) is 0.440. The number of hydrogen-bond donors (Lipinski definition) is 2. The smallest absolute Gasteiger partial charge is 0.251 e. The Balaban J connectivity index is 1.74. The zero-order valence-electron chi connectivity index (χ0n) is 20.1. The maximum absolute atomic E-state index is 13.4. The van der Waals surface area contributed by atoms with Crippen molar-refractivity contribution in [1.29, 1.82) is 0 Å². The van der Waals surface area contributed by atoms with Crippen LogP contribution < -0.4 is 15.4 Å². The second-order valence-corrected chi connectivity index (χ2v) is 10.8. The summed E-state index contributed by atoms with van der Waals surface area (Å²) < 4.78 is 33.6. The highest BCUT2D eigenvalue weighted by molar-refractivity contribution is 7.89. The number of benzene rings is 2. The number of sulfonamides is 1. The molecule has 1 aliphatic rings. The van der Waals surface area contributed by atoms with Gasteiger partial charge in [-0.1, -0.05) is 39.0 Å². The van der Waals surface area contributed by atoms with Crippen molar-refractivity contribution in [2.24, 2.45) is 11.8 Å². The van der Waals surface area contributed by atoms with Crippen LogP contribution in [0.15, 0.2) is 47.4 Å². The Morgan fingerprint density at radius 3 is 2.41 bits per heavy atom. The number of rotatable bonds is 8. The van der Waals surface area contributed by atoms with Crippen LogP contribution in [0.2, 0.25) is 0 Å². The molecule has 2 amide bonds. The Bertz CT molecular complexity index is 1140. The molecule has 184 valence electrons. The summed E-state index contributed by atoms with van der Waals surface area (Å²) in [5.41, 5.74) is 1.83. The first-order valence-corrected chi connectivity index (χ1v) is 12.9. The number of methoxy groups -OCH3 is 1. The third kappa shape index (κ3) is 5.95. The topological polar surface area (TPSA) is 105 Å². The maximum atomic E-state index is 13.4. The van der Waals surface area contributed by atoms with Crippen LogP contribution in [-0.4, -0.2) is 51.3 Å². The fourth-order valence-electron chi connectivity index (χ4n) is 4.37. The number of amides is 2. The van der Waals surface area contributed by atoms with Crippen molar-refractivity contribution in [2.45, 2.75) is 38.5 Å². The molecule has 0 radical (unpaired) electrons. The van der Waals surface area contributed by atoms with Gasteiger partial charge in [-0.05, 0) is 54.5 Å². The van der Waals surface area contributed by atoms with Crippen LogP contribution in [0.25, 0.3) is 0 Å². The van der Waals surface area contributed by atoms with Crippen LogP contribution in [0, 0.1) is 11.8 Å². The van der Waals surface area contributed by atoms with Gasteiger partial charge in [0.25, 0.3) is 5.91 Å². The highest BCUT2D eigenvalue weighted by Gasteiger charge is 2.34. The molecular formula is C25H33N3O5S. The molecule has 2 aromatic carbocycles. The van der Waals surface area contributed by atoms with Crippen LogP contribution in [0.3, 0.4) is 0 Å². The Kier molecular flexibility index (Phi) is 8.33. The van der Waals surface area contributed by atoms with E-state index in [1.54, 1.807) is 0 Å². The van der Waals surface area contributed by atoms with E-state index in [0.29, 0.717) is 18.8 Å². The van der Waals surface area contributed by atoms with Crippen molar-refractivity contribution in [2.75, 3.05) is 32.1 Å². The Morgan fingerprint density at radius 2 is 1.76 bits per heavy atom. The lowest BCUT2D eigenvalue weighted by Gasteiger charge is -2.34. The van der Waals surface area contributed by atoms with Crippen molar-refractivity contribution in [1.82, 2.24) is 9.62 Å². The molecule has 0 unspecified atom stereocenters. The lowest BCUT2D eigenvalue weighted by molar-refractivity contribution is -0.115. The average Bonchev–Trinajstić information content (AvgIpc) is 2.81. The molecule has 2 atom stereocenters. The summed E-state index contributed by atoms with van der Waals surface area (Å²) in [5, 5.41) is 5.36. The first-order chi connectivity index (χ1) is 16.1. The number of nitrogens with zero attached hydrogens (tertiary/aromatic N) is 1. The molecular weight excluding hydrogens is 454 g/mol. The molecule has 1 fully saturated rings. The number of carbonyl (C=O) groups excluding carboxylic acids is 2. The van der Waals surface area contributed by atoms with Crippen molar-refractivity contribution < 1.29 is 22.7 Å². The van der Waals surface area contributed by atoms with Gasteiger partial charge in [0.05, 0.1) is 13.7 Å². The first kappa shape index (κ1) is 25.7. The number of para-hydroxylation sites is 1. The number of piperidine rings is 1. The maximum Gasteiger partial charge on any atom is 0.251 e. The number of carbonyl (C=O) groups is 2. The van der Waals surface area contributed by atoms with Gasteiger partial charge in [-0.2, -0.15) is 4.31 Å². The number of nitrogens with one attached hydrogen (secondary N) is 2. The Morgan fingerprint density at radius 1 is 1.09 bits per heavy atom. The van der Waals surface area contributed by atoms with E-state index in [1.807, 2.05) is 45.0 Å². The summed E-state index contributed by atoms with van der Waals surface area (Å²) in [5.74, 6) is -0.249. The molecule has 0 spiro atoms. The molecule has 3 rings (SSSR count). The molecule has 0 aromatic heterocycles. The van der Waals surface area contributed by atoms with Crippen LogP contribution >= 0.6 is 0 Å². The largest absolute Gasteiger partial charge is 0.495 e. The van der Waals surface area contributed by atoms with E-state index in [-0.39, 0.29) is 40.5 Å². The van der Waals surface area contributed by atoms with Crippen molar-refractivity contribution in [3.8, 4) is 5.75 Å². The minimum atomic E-state index is -3.86. The molecule has 34 heavy (non-hydrogen) atoms. The van der Waals surface area contributed by atoms with Crippen LogP contribution in [0.1, 0.15) is 43.1 Å². The summed E-state index contributed by atoms with van der Waals surface area (Å²) in [6, 6.07) is 11.7. The third-order valence-electron chi connectivity index (χ3n) is 5.96. The number of ether oxygens (including phenoxy) is 1. The second kappa shape index (κ2) is 11.0. The van der Waals surface area contributed by atoms with Gasteiger partial charge < -0.3 is 15.4 Å². The van der Waals surface area contributed by atoms with E-state index in [4.69, 9.17) is 4.74 Å². The summed E-state index contributed by atoms with van der Waals surface area (Å²) >= 11 is 0. The normalized spacial score (nSPS) is 18.8. The van der Waals surface area contributed by atoms with Gasteiger partial charge in [-0.3, -0.25) is 9.59 Å². The number of hydrogen-bond acceptors (Lipinski definition) is 5. The molecule has 0 saturated carbocycles. The highest BCUT2D eigenvalue weighted by Crippen LogP contribution is 2.32. The number of aryl methyl sites for hydroxylation is 1. The van der Waals surface area contributed by atoms with E-state index in [9.17, 15) is 18.0 Å². The van der Waals surface area contributed by atoms with Gasteiger partial charge in [-0.15, -0.1) is 0 Å². The van der Waals surface area contributed by atoms with E-state index in [2.05, 4.69) is 10.6 Å². The van der Waals surface area contributed by atoms with Crippen LogP contribution in [-0.2, 0) is 21.2 Å². The van der Waals surface area contributed by atoms with E-state index < -0.39 is 15.9 Å². The van der Waals surface area contributed by atoms with Crippen LogP contribution in [0.5, 0.6) is 5.75 Å². The molecule has 1 heterocycles. The van der Waals surface area contributed by atoms with Crippen molar-refractivity contribution in [3.05, 3.63) is 53.6 Å². The summed E-state index contributed by atoms with van der Waals surface area (Å²) in [6.45, 7) is 6.66. The molecule has 1 aliphatic heterocycles. The van der Waals surface area contributed by atoms with Crippen LogP contribution in [0.4, 0.5) is 5.69 Å². The van der Waals surface area contributed by atoms with E-state index >= 15 is 0 Å². The minimum absolute atomic E-state index is 0.0507. The van der Waals surface area contributed by atoms with Gasteiger partial charge in [0.15, 0.2) is 0 Å². The zero-order chi connectivity index (χ0) is 24.9. The molecule has 8 nitrogen and oxygen atoms in total. The minimum Gasteiger partial charge on any atom is -0.495 e. The van der Waals surface area contributed by atoms with Gasteiger partial charge >= 0.3 is 0 Å². The first-order valence-electron chi connectivity index (χ1n) is 11.5. The molecule has 2 aromatic rings. The number of anilines is 1. The van der Waals surface area contributed by atoms with Gasteiger partial charge in [0.1, 0.15) is 10.6 Å². The lowest BCUT2D eigenvalue weighted by atomic mass is 9.94. The molecule has 2 N–H and O–H groups in total.